The third-order valence-electron chi connectivity index (χ3n) is 6.79. The zero-order chi connectivity index (χ0) is 19.8. The molecule has 2 aliphatic rings. The van der Waals surface area contributed by atoms with Crippen LogP contribution in [-0.2, 0) is 5.41 Å². The van der Waals surface area contributed by atoms with Crippen molar-refractivity contribution in [2.75, 3.05) is 11.9 Å². The highest BCUT2D eigenvalue weighted by Gasteiger charge is 2.58. The summed E-state index contributed by atoms with van der Waals surface area (Å²) in [5, 5.41) is 4.77. The van der Waals surface area contributed by atoms with Gasteiger partial charge in [-0.2, -0.15) is 0 Å². The maximum absolute atomic E-state index is 6.79. The van der Waals surface area contributed by atoms with Gasteiger partial charge in [0.25, 0.3) is 0 Å². The molecule has 1 atom stereocenters. The van der Waals surface area contributed by atoms with E-state index in [1.807, 2.05) is 6.21 Å². The van der Waals surface area contributed by atoms with Gasteiger partial charge in [0.2, 0.25) is 5.72 Å². The van der Waals surface area contributed by atoms with Crippen molar-refractivity contribution in [3.63, 3.8) is 0 Å². The summed E-state index contributed by atoms with van der Waals surface area (Å²) < 4.78 is 6.79. The topological polar surface area (TPSA) is 24.8 Å². The molecule has 0 radical (unpaired) electrons. The van der Waals surface area contributed by atoms with Gasteiger partial charge in [-0.1, -0.05) is 48.5 Å². The van der Waals surface area contributed by atoms with E-state index >= 15 is 0 Å². The molecule has 4 aromatic carbocycles. The molecular formula is C26H22N2O. The molecule has 0 aliphatic carbocycles. The number of likely N-dealkylation sites (N-methyl/N-ethyl adjacent to an activating group) is 1. The molecule has 1 unspecified atom stereocenters. The first kappa shape index (κ1) is 16.6. The summed E-state index contributed by atoms with van der Waals surface area (Å²) in [6.07, 6.45) is 2.00. The number of fused-ring (bicyclic) bond motifs is 5. The number of hydrogen-bond acceptors (Lipinski definition) is 3. The molecule has 3 heteroatoms. The molecule has 0 fully saturated rings. The summed E-state index contributed by atoms with van der Waals surface area (Å²) in [6, 6.07) is 25.6. The Bertz CT molecular complexity index is 1340. The molecular weight excluding hydrogens is 356 g/mol. The molecule has 142 valence electrons. The van der Waals surface area contributed by atoms with E-state index in [0.717, 1.165) is 16.8 Å². The van der Waals surface area contributed by atoms with Gasteiger partial charge < -0.3 is 9.64 Å². The molecule has 0 saturated carbocycles. The largest absolute Gasteiger partial charge is 0.459 e. The van der Waals surface area contributed by atoms with Gasteiger partial charge >= 0.3 is 0 Å². The van der Waals surface area contributed by atoms with Crippen LogP contribution < -0.4 is 9.64 Å². The molecule has 0 aromatic heterocycles. The van der Waals surface area contributed by atoms with Gasteiger partial charge in [0.1, 0.15) is 11.4 Å². The number of aliphatic imine (C=N–C) groups is 1. The van der Waals surface area contributed by atoms with Crippen molar-refractivity contribution in [2.45, 2.75) is 25.0 Å². The van der Waals surface area contributed by atoms with Gasteiger partial charge in [-0.25, -0.2) is 0 Å². The lowest BCUT2D eigenvalue weighted by molar-refractivity contribution is 0.0826. The lowest BCUT2D eigenvalue weighted by Gasteiger charge is -2.45. The predicted octanol–water partition coefficient (Wildman–Crippen LogP) is 6.21. The fraction of sp³-hybridized carbons (Fsp3) is 0.192. The van der Waals surface area contributed by atoms with Crippen LogP contribution in [-0.4, -0.2) is 19.0 Å². The Morgan fingerprint density at radius 1 is 0.828 bits per heavy atom. The number of rotatable bonds is 0. The SMILES string of the molecule is CN1c2ccccc2C(C)(C)C12C=Nc1c(ccc3cc4ccccc4cc13)O2. The summed E-state index contributed by atoms with van der Waals surface area (Å²) in [5.41, 5.74) is 2.51. The lowest BCUT2D eigenvalue weighted by Crippen LogP contribution is -2.61. The summed E-state index contributed by atoms with van der Waals surface area (Å²) in [7, 11) is 2.10. The summed E-state index contributed by atoms with van der Waals surface area (Å²) in [6.45, 7) is 4.47. The van der Waals surface area contributed by atoms with E-state index in [1.54, 1.807) is 0 Å². The van der Waals surface area contributed by atoms with Crippen LogP contribution in [0.1, 0.15) is 19.4 Å². The Labute approximate surface area is 170 Å². The minimum atomic E-state index is -0.645. The van der Waals surface area contributed by atoms with E-state index in [-0.39, 0.29) is 5.41 Å². The van der Waals surface area contributed by atoms with Crippen LogP contribution in [0.5, 0.6) is 5.75 Å². The number of benzene rings is 4. The normalized spacial score (nSPS) is 21.4. The van der Waals surface area contributed by atoms with Gasteiger partial charge in [0.05, 0.1) is 11.6 Å². The van der Waals surface area contributed by atoms with E-state index in [2.05, 4.69) is 98.6 Å². The predicted molar refractivity (Wildman–Crippen MR) is 121 cm³/mol. The number of nitrogens with zero attached hydrogens (tertiary/aromatic N) is 2. The first-order chi connectivity index (χ1) is 14.0. The lowest BCUT2D eigenvalue weighted by atomic mass is 9.77. The average Bonchev–Trinajstić information content (AvgIpc) is 2.91. The van der Waals surface area contributed by atoms with Crippen LogP contribution in [0.4, 0.5) is 11.4 Å². The fourth-order valence-electron chi connectivity index (χ4n) is 5.07. The molecule has 29 heavy (non-hydrogen) atoms. The van der Waals surface area contributed by atoms with Crippen LogP contribution in [0, 0.1) is 0 Å². The third kappa shape index (κ3) is 2.00. The van der Waals surface area contributed by atoms with Crippen molar-refractivity contribution in [1.29, 1.82) is 0 Å². The highest BCUT2D eigenvalue weighted by atomic mass is 16.5. The number of ether oxygens (including phenoxy) is 1. The summed E-state index contributed by atoms with van der Waals surface area (Å²) in [4.78, 5) is 7.22. The van der Waals surface area contributed by atoms with Gasteiger partial charge in [-0.05, 0) is 59.8 Å². The second-order valence-electron chi connectivity index (χ2n) is 8.59. The molecule has 0 saturated heterocycles. The molecule has 6 rings (SSSR count). The molecule has 2 aliphatic heterocycles. The van der Waals surface area contributed by atoms with Crippen molar-refractivity contribution in [3.8, 4) is 5.75 Å². The van der Waals surface area contributed by atoms with Crippen LogP contribution in [0.2, 0.25) is 0 Å². The second kappa shape index (κ2) is 5.38. The zero-order valence-electron chi connectivity index (χ0n) is 16.8. The Hall–Kier alpha value is -3.33. The minimum absolute atomic E-state index is 0.238. The van der Waals surface area contributed by atoms with E-state index in [4.69, 9.17) is 9.73 Å². The quantitative estimate of drug-likeness (QED) is 0.340. The van der Waals surface area contributed by atoms with Gasteiger partial charge in [-0.3, -0.25) is 4.99 Å². The standard InChI is InChI=1S/C26H22N2O/c1-25(2)21-10-6-7-11-22(21)28(3)26(25)16-27-24-20-15-18-9-5-4-8-17(18)14-19(20)12-13-23(24)29-26/h4-16H,1-3H3. The van der Waals surface area contributed by atoms with Gasteiger partial charge in [0, 0.05) is 18.1 Å². The van der Waals surface area contributed by atoms with Crippen molar-refractivity contribution < 1.29 is 4.74 Å². The fourth-order valence-corrected chi connectivity index (χ4v) is 5.07. The van der Waals surface area contributed by atoms with E-state index in [1.165, 1.54) is 27.4 Å². The first-order valence-corrected chi connectivity index (χ1v) is 10.0. The number of para-hydroxylation sites is 1. The van der Waals surface area contributed by atoms with E-state index in [9.17, 15) is 0 Å². The number of anilines is 1. The number of hydrogen-bond donors (Lipinski definition) is 0. The van der Waals surface area contributed by atoms with E-state index in [0.29, 0.717) is 0 Å². The monoisotopic (exact) mass is 378 g/mol. The Morgan fingerprint density at radius 2 is 1.55 bits per heavy atom. The highest BCUT2D eigenvalue weighted by Crippen LogP contribution is 2.54. The van der Waals surface area contributed by atoms with Crippen LogP contribution >= 0.6 is 0 Å². The third-order valence-corrected chi connectivity index (χ3v) is 6.79. The van der Waals surface area contributed by atoms with Crippen molar-refractivity contribution in [2.24, 2.45) is 4.99 Å². The van der Waals surface area contributed by atoms with Crippen LogP contribution in [0.15, 0.2) is 77.8 Å². The Morgan fingerprint density at radius 3 is 2.34 bits per heavy atom. The Balaban J connectivity index is 1.56. The van der Waals surface area contributed by atoms with Gasteiger partial charge in [-0.15, -0.1) is 0 Å². The molecule has 3 nitrogen and oxygen atoms in total. The van der Waals surface area contributed by atoms with Gasteiger partial charge in [0.15, 0.2) is 0 Å². The van der Waals surface area contributed by atoms with E-state index < -0.39 is 5.72 Å². The second-order valence-corrected chi connectivity index (χ2v) is 8.59. The first-order valence-electron chi connectivity index (χ1n) is 10.0. The molecule has 0 amide bonds. The smallest absolute Gasteiger partial charge is 0.228 e. The summed E-state index contributed by atoms with van der Waals surface area (Å²) in [5.74, 6) is 0.836. The maximum Gasteiger partial charge on any atom is 0.228 e. The van der Waals surface area contributed by atoms with Crippen LogP contribution in [0.3, 0.4) is 0 Å². The Kier molecular flexibility index (Phi) is 3.08. The van der Waals surface area contributed by atoms with Crippen molar-refractivity contribution in [3.05, 3.63) is 78.4 Å². The molecule has 2 heterocycles. The summed E-state index contributed by atoms with van der Waals surface area (Å²) >= 11 is 0. The average molecular weight is 378 g/mol. The molecule has 1 spiro atoms. The maximum atomic E-state index is 6.79. The molecule has 0 N–H and O–H groups in total. The minimum Gasteiger partial charge on any atom is -0.459 e. The zero-order valence-corrected chi connectivity index (χ0v) is 16.8. The molecule has 0 bridgehead atoms. The van der Waals surface area contributed by atoms with Crippen LogP contribution in [0.25, 0.3) is 21.5 Å². The highest BCUT2D eigenvalue weighted by molar-refractivity contribution is 6.06. The van der Waals surface area contributed by atoms with Crippen molar-refractivity contribution in [1.82, 2.24) is 0 Å². The molecule has 4 aromatic rings. The van der Waals surface area contributed by atoms with Crippen molar-refractivity contribution >= 4 is 39.1 Å².